The fraction of sp³-hybridized carbons (Fsp3) is 0.265. The number of methoxy groups -OCH3 is 2. The second kappa shape index (κ2) is 16.4. The average Bonchev–Trinajstić information content (AvgIpc) is 3.75. The number of hydrogen-bond donors (Lipinski definition) is 0. The second-order valence-electron chi connectivity index (χ2n) is 11.6. The summed E-state index contributed by atoms with van der Waals surface area (Å²) in [6.07, 6.45) is 2.45. The summed E-state index contributed by atoms with van der Waals surface area (Å²) in [6.45, 7) is 3.83. The van der Waals surface area contributed by atoms with Gasteiger partial charge in [0.2, 0.25) is 5.91 Å². The van der Waals surface area contributed by atoms with Crippen molar-refractivity contribution in [1.29, 1.82) is 0 Å². The molecule has 1 aliphatic rings. The molecule has 0 spiro atoms. The van der Waals surface area contributed by atoms with Gasteiger partial charge in [0.15, 0.2) is 11.5 Å². The van der Waals surface area contributed by atoms with Crippen molar-refractivity contribution in [3.05, 3.63) is 105 Å². The highest BCUT2D eigenvalue weighted by atomic mass is 79.9. The van der Waals surface area contributed by atoms with Crippen LogP contribution in [0.25, 0.3) is 16.5 Å². The van der Waals surface area contributed by atoms with Crippen LogP contribution in [0.3, 0.4) is 0 Å². The molecular weight excluding hydrogens is 819 g/mol. The van der Waals surface area contributed by atoms with E-state index < -0.39 is 31.2 Å². The van der Waals surface area contributed by atoms with E-state index in [0.29, 0.717) is 56.8 Å². The van der Waals surface area contributed by atoms with E-state index in [0.717, 1.165) is 37.4 Å². The van der Waals surface area contributed by atoms with E-state index in [9.17, 15) is 26.0 Å². The van der Waals surface area contributed by atoms with Gasteiger partial charge in [0.1, 0.15) is 12.1 Å². The van der Waals surface area contributed by atoms with Gasteiger partial charge in [-0.15, -0.1) is 9.19 Å². The Balaban J connectivity index is 0.000000204. The van der Waals surface area contributed by atoms with Crippen LogP contribution < -0.4 is 9.47 Å². The number of nitrogens with zero attached hydrogens (tertiary/aromatic N) is 6. The minimum atomic E-state index is -4.36. The van der Waals surface area contributed by atoms with Gasteiger partial charge in [0, 0.05) is 53.8 Å². The van der Waals surface area contributed by atoms with E-state index >= 15 is 0 Å². The Bertz CT molecular complexity index is 2400. The number of carbonyl (C=O) groups is 1. The molecule has 3 aromatic carbocycles. The highest BCUT2D eigenvalue weighted by Crippen LogP contribution is 2.35. The van der Waals surface area contributed by atoms with Gasteiger partial charge in [0.05, 0.1) is 33.0 Å². The predicted octanol–water partition coefficient (Wildman–Crippen LogP) is 4.98. The quantitative estimate of drug-likeness (QED) is 0.186. The number of carbonyl (C=O) groups excluding carboxylic acids is 1. The number of morpholine rings is 1. The fourth-order valence-corrected chi connectivity index (χ4v) is 8.20. The summed E-state index contributed by atoms with van der Waals surface area (Å²) in [5.41, 5.74) is 2.91. The van der Waals surface area contributed by atoms with Crippen LogP contribution >= 0.6 is 27.5 Å². The van der Waals surface area contributed by atoms with Gasteiger partial charge in [-0.3, -0.25) is 4.79 Å². The molecule has 14 nitrogen and oxygen atoms in total. The summed E-state index contributed by atoms with van der Waals surface area (Å²) >= 11 is 9.32. The van der Waals surface area contributed by atoms with Gasteiger partial charge in [-0.1, -0.05) is 29.8 Å². The van der Waals surface area contributed by atoms with Crippen molar-refractivity contribution in [3.63, 3.8) is 0 Å². The number of ether oxygens (including phenoxy) is 3. The van der Waals surface area contributed by atoms with Gasteiger partial charge >= 0.3 is 20.2 Å². The van der Waals surface area contributed by atoms with Crippen LogP contribution in [0.1, 0.15) is 16.8 Å². The standard InChI is InChI=1S/C21H22ClNO4.C13H13BrFN5O4S2/c1-25-19-8-5-16(13-20(19)26-2)18(15-3-6-17(22)7-4-15)14-21(24)23-9-11-27-12-10-23;1-8-12(14)10-5-4-9(15)6-11(10)20(8)25(21,22)13-16-7-19(17-13)26(23,24)18(2)3/h3-8,13-14H,9-12H2,1-2H3;4-7H,1-3H3/b18-14-;. The monoisotopic (exact) mass is 852 g/mol. The van der Waals surface area contributed by atoms with Crippen LogP contribution in [0.5, 0.6) is 11.5 Å². The number of fused-ring (bicyclic) bond motifs is 1. The fourth-order valence-electron chi connectivity index (χ4n) is 5.31. The average molecular weight is 854 g/mol. The topological polar surface area (TPSA) is 155 Å². The molecule has 1 fully saturated rings. The molecule has 3 heterocycles. The number of halogens is 3. The molecule has 0 atom stereocenters. The van der Waals surface area contributed by atoms with Crippen LogP contribution in [0, 0.1) is 12.7 Å². The molecule has 53 heavy (non-hydrogen) atoms. The van der Waals surface area contributed by atoms with Gasteiger partial charge in [-0.25, -0.2) is 13.3 Å². The normalized spacial score (nSPS) is 13.9. The summed E-state index contributed by atoms with van der Waals surface area (Å²) in [6, 6.07) is 16.7. The molecule has 19 heteroatoms. The van der Waals surface area contributed by atoms with E-state index in [-0.39, 0.29) is 17.1 Å². The molecule has 282 valence electrons. The molecule has 1 amide bonds. The maximum Gasteiger partial charge on any atom is 0.323 e. The lowest BCUT2D eigenvalue weighted by Crippen LogP contribution is -2.39. The maximum atomic E-state index is 13.7. The molecule has 0 bridgehead atoms. The van der Waals surface area contributed by atoms with Crippen molar-refractivity contribution in [1.82, 2.24) is 27.3 Å². The lowest BCUT2D eigenvalue weighted by atomic mass is 9.96. The van der Waals surface area contributed by atoms with E-state index in [1.165, 1.54) is 33.2 Å². The van der Waals surface area contributed by atoms with Crippen LogP contribution in [-0.2, 0) is 29.8 Å². The number of amides is 1. The minimum Gasteiger partial charge on any atom is -0.493 e. The second-order valence-corrected chi connectivity index (χ2v) is 16.5. The van der Waals surface area contributed by atoms with Crippen LogP contribution in [0.2, 0.25) is 5.02 Å². The molecule has 6 rings (SSSR count). The van der Waals surface area contributed by atoms with Gasteiger partial charge in [-0.2, -0.15) is 21.1 Å². The molecule has 5 aromatic rings. The van der Waals surface area contributed by atoms with E-state index in [1.54, 1.807) is 25.2 Å². The van der Waals surface area contributed by atoms with Crippen molar-refractivity contribution in [2.75, 3.05) is 54.6 Å². The lowest BCUT2D eigenvalue weighted by Gasteiger charge is -2.26. The van der Waals surface area contributed by atoms with E-state index in [4.69, 9.17) is 25.8 Å². The third-order valence-electron chi connectivity index (χ3n) is 8.10. The Morgan fingerprint density at radius 2 is 1.60 bits per heavy atom. The SMILES string of the molecule is COc1ccc(/C(=C\C(=O)N2CCOCC2)c2ccc(Cl)cc2)cc1OC.Cc1c(Br)c2ccc(F)cc2n1S(=O)(=O)c1ncn(S(=O)(=O)N(C)C)n1. The number of hydrogen-bond acceptors (Lipinski definition) is 10. The Morgan fingerprint density at radius 1 is 0.962 bits per heavy atom. The Hall–Kier alpha value is -4.33. The first-order valence-corrected chi connectivity index (χ1v) is 19.7. The van der Waals surface area contributed by atoms with E-state index in [1.807, 2.05) is 42.5 Å². The Morgan fingerprint density at radius 3 is 2.23 bits per heavy atom. The molecule has 1 aliphatic heterocycles. The number of benzene rings is 3. The van der Waals surface area contributed by atoms with Gasteiger partial charge < -0.3 is 19.1 Å². The minimum absolute atomic E-state index is 0.0435. The molecule has 0 aliphatic carbocycles. The Kier molecular flexibility index (Phi) is 12.3. The zero-order chi connectivity index (χ0) is 38.7. The van der Waals surface area contributed by atoms with Crippen molar-refractivity contribution in [3.8, 4) is 11.5 Å². The first kappa shape index (κ1) is 39.9. The highest BCUT2D eigenvalue weighted by molar-refractivity contribution is 9.10. The predicted molar refractivity (Wildman–Crippen MR) is 200 cm³/mol. The number of rotatable bonds is 9. The zero-order valence-corrected chi connectivity index (χ0v) is 33.1. The molecular formula is C34H35BrClFN6O8S2. The van der Waals surface area contributed by atoms with Crippen molar-refractivity contribution >= 4 is 70.1 Å². The Labute approximate surface area is 319 Å². The van der Waals surface area contributed by atoms with Crippen molar-refractivity contribution in [2.45, 2.75) is 12.1 Å². The number of aromatic nitrogens is 4. The largest absolute Gasteiger partial charge is 0.493 e. The first-order chi connectivity index (χ1) is 25.1. The maximum absolute atomic E-state index is 13.7. The molecule has 2 aromatic heterocycles. The summed E-state index contributed by atoms with van der Waals surface area (Å²) in [5, 5.41) is 3.99. The van der Waals surface area contributed by atoms with Crippen molar-refractivity contribution in [2.24, 2.45) is 0 Å². The van der Waals surface area contributed by atoms with E-state index in [2.05, 4.69) is 26.0 Å². The highest BCUT2D eigenvalue weighted by Gasteiger charge is 2.30. The smallest absolute Gasteiger partial charge is 0.323 e. The molecule has 0 radical (unpaired) electrons. The van der Waals surface area contributed by atoms with Crippen LogP contribution in [-0.4, -0.2) is 105 Å². The van der Waals surface area contributed by atoms with Gasteiger partial charge in [-0.05, 0) is 82.0 Å². The molecule has 0 unspecified atom stereocenters. The third-order valence-corrected chi connectivity index (χ3v) is 12.5. The zero-order valence-electron chi connectivity index (χ0n) is 29.2. The lowest BCUT2D eigenvalue weighted by molar-refractivity contribution is -0.129. The van der Waals surface area contributed by atoms with Crippen molar-refractivity contribution < 1.29 is 40.2 Å². The molecule has 0 saturated carbocycles. The summed E-state index contributed by atoms with van der Waals surface area (Å²) in [4.78, 5) is 18.2. The summed E-state index contributed by atoms with van der Waals surface area (Å²) < 4.78 is 82.5. The molecule has 1 saturated heterocycles. The van der Waals surface area contributed by atoms with Gasteiger partial charge in [0.25, 0.3) is 5.16 Å². The van der Waals surface area contributed by atoms with Crippen LogP contribution in [0.4, 0.5) is 4.39 Å². The molecule has 0 N–H and O–H groups in total. The first-order valence-electron chi connectivity index (χ1n) is 15.7. The third kappa shape index (κ3) is 8.42. The summed E-state index contributed by atoms with van der Waals surface area (Å²) in [7, 11) is -2.66. The summed E-state index contributed by atoms with van der Waals surface area (Å²) in [5.74, 6) is 0.579. The van der Waals surface area contributed by atoms with Crippen LogP contribution in [0.15, 0.2) is 82.7 Å².